The first-order valence-electron chi connectivity index (χ1n) is 4.69. The Balaban J connectivity index is 2.62. The number of phosphoric acid groups is 1. The van der Waals surface area contributed by atoms with Crippen LogP contribution in [0.4, 0.5) is 0 Å². The van der Waals surface area contributed by atoms with E-state index < -0.39 is 44.3 Å². The molecule has 5 N–H and O–H groups in total. The Labute approximate surface area is 102 Å². The third-order valence-electron chi connectivity index (χ3n) is 2.31. The van der Waals surface area contributed by atoms with Crippen LogP contribution in [0.3, 0.4) is 0 Å². The molecule has 1 aliphatic rings. The van der Waals surface area contributed by atoms with Gasteiger partial charge >= 0.3 is 7.82 Å². The van der Waals surface area contributed by atoms with E-state index in [2.05, 4.69) is 4.52 Å². The number of hydrogen-bond donors (Lipinski definition) is 5. The zero-order chi connectivity index (χ0) is 13.2. The van der Waals surface area contributed by atoms with Gasteiger partial charge in [0.2, 0.25) is 0 Å². The van der Waals surface area contributed by atoms with Crippen LogP contribution in [0.25, 0.3) is 0 Å². The van der Waals surface area contributed by atoms with Crippen LogP contribution in [-0.2, 0) is 13.8 Å². The molecule has 17 heavy (non-hydrogen) atoms. The van der Waals surface area contributed by atoms with Crippen LogP contribution in [-0.4, -0.2) is 67.8 Å². The van der Waals surface area contributed by atoms with Crippen LogP contribution in [0.15, 0.2) is 0 Å². The van der Waals surface area contributed by atoms with Crippen molar-refractivity contribution < 1.29 is 38.9 Å². The molecule has 0 saturated carbocycles. The molecule has 8 nitrogen and oxygen atoms in total. The molecule has 0 aromatic heterocycles. The Morgan fingerprint density at radius 2 is 1.82 bits per heavy atom. The average Bonchev–Trinajstić information content (AvgIpc) is 2.24. The molecule has 5 atom stereocenters. The van der Waals surface area contributed by atoms with E-state index in [-0.39, 0.29) is 0 Å². The van der Waals surface area contributed by atoms with Gasteiger partial charge in [-0.25, -0.2) is 4.57 Å². The van der Waals surface area contributed by atoms with Gasteiger partial charge < -0.3 is 29.8 Å². The number of thioether (sulfide) groups is 1. The van der Waals surface area contributed by atoms with Gasteiger partial charge in [0.1, 0.15) is 29.9 Å². The predicted molar refractivity (Wildman–Crippen MR) is 58.2 cm³/mol. The summed E-state index contributed by atoms with van der Waals surface area (Å²) in [7, 11) is -4.66. The van der Waals surface area contributed by atoms with Crippen molar-refractivity contribution >= 4 is 19.6 Å². The van der Waals surface area contributed by atoms with Crippen LogP contribution >= 0.6 is 19.6 Å². The maximum atomic E-state index is 10.5. The van der Waals surface area contributed by atoms with E-state index in [0.717, 1.165) is 11.8 Å². The van der Waals surface area contributed by atoms with Gasteiger partial charge in [-0.3, -0.25) is 4.52 Å². The monoisotopic (exact) mass is 290 g/mol. The maximum Gasteiger partial charge on any atom is 0.469 e. The zero-order valence-electron chi connectivity index (χ0n) is 8.91. The Hall–Kier alpha value is 0.300. The largest absolute Gasteiger partial charge is 0.469 e. The van der Waals surface area contributed by atoms with Gasteiger partial charge in [-0.05, 0) is 6.26 Å². The molecule has 0 spiro atoms. The molecule has 0 aromatic carbocycles. The highest BCUT2D eigenvalue weighted by Gasteiger charge is 2.43. The molecule has 1 heterocycles. The number of aliphatic hydroxyl groups excluding tert-OH is 3. The lowest BCUT2D eigenvalue weighted by Crippen LogP contribution is -2.57. The Kier molecular flexibility index (Phi) is 5.39. The molecule has 1 saturated heterocycles. The second-order valence-electron chi connectivity index (χ2n) is 3.54. The summed E-state index contributed by atoms with van der Waals surface area (Å²) in [4.78, 5) is 17.0. The number of phosphoric ester groups is 1. The molecular formula is C7H15O8PS. The second kappa shape index (κ2) is 5.96. The highest BCUT2D eigenvalue weighted by Crippen LogP contribution is 2.37. The lowest BCUT2D eigenvalue weighted by atomic mass is 10.0. The van der Waals surface area contributed by atoms with Crippen molar-refractivity contribution in [2.45, 2.75) is 29.9 Å². The quantitative estimate of drug-likeness (QED) is 0.382. The fourth-order valence-corrected chi connectivity index (χ4v) is 2.45. The minimum atomic E-state index is -4.66. The molecule has 10 heteroatoms. The molecule has 0 amide bonds. The highest BCUT2D eigenvalue weighted by atomic mass is 32.2. The van der Waals surface area contributed by atoms with Crippen molar-refractivity contribution in [1.29, 1.82) is 0 Å². The van der Waals surface area contributed by atoms with Crippen molar-refractivity contribution in [2.75, 3.05) is 12.9 Å². The fourth-order valence-electron chi connectivity index (χ4n) is 1.42. The first-order chi connectivity index (χ1) is 7.76. The summed E-state index contributed by atoms with van der Waals surface area (Å²) in [6.45, 7) is -0.577. The van der Waals surface area contributed by atoms with Gasteiger partial charge in [-0.1, -0.05) is 0 Å². The normalized spacial score (nSPS) is 39.3. The lowest BCUT2D eigenvalue weighted by Gasteiger charge is -2.39. The number of hydrogen-bond acceptors (Lipinski definition) is 7. The van der Waals surface area contributed by atoms with Gasteiger partial charge in [0.15, 0.2) is 0 Å². The van der Waals surface area contributed by atoms with Gasteiger partial charge in [-0.2, -0.15) is 0 Å². The minimum absolute atomic E-state index is 0.577. The Morgan fingerprint density at radius 1 is 1.24 bits per heavy atom. The fraction of sp³-hybridized carbons (Fsp3) is 1.00. The molecule has 0 aliphatic carbocycles. The number of aliphatic hydroxyl groups is 3. The van der Waals surface area contributed by atoms with Gasteiger partial charge in [0.05, 0.1) is 6.61 Å². The molecule has 1 fully saturated rings. The highest BCUT2D eigenvalue weighted by molar-refractivity contribution is 7.99. The van der Waals surface area contributed by atoms with Crippen molar-refractivity contribution in [2.24, 2.45) is 0 Å². The van der Waals surface area contributed by atoms with Crippen LogP contribution in [0.1, 0.15) is 0 Å². The second-order valence-corrected chi connectivity index (χ2v) is 5.71. The van der Waals surface area contributed by atoms with Crippen molar-refractivity contribution in [3.8, 4) is 0 Å². The van der Waals surface area contributed by atoms with Gasteiger partial charge in [0, 0.05) is 0 Å². The Morgan fingerprint density at radius 3 is 2.29 bits per heavy atom. The number of ether oxygens (including phenoxy) is 1. The standard InChI is InChI=1S/C7H15O8PS/c1-17-7-6(10)5(9)4(8)3(15-7)2-14-16(11,12)13/h3-10H,2H2,1H3,(H2,11,12,13)/t3-,4-,5+,6-,7+/m1/s1. The summed E-state index contributed by atoms with van der Waals surface area (Å²) in [5.41, 5.74) is -0.793. The first kappa shape index (κ1) is 15.4. The van der Waals surface area contributed by atoms with Crippen molar-refractivity contribution in [1.82, 2.24) is 0 Å². The van der Waals surface area contributed by atoms with Crippen LogP contribution in [0.2, 0.25) is 0 Å². The lowest BCUT2D eigenvalue weighted by molar-refractivity contribution is -0.204. The SMILES string of the molecule is CS[C@@H]1O[C@H](COP(=O)(O)O)[C@@H](O)[C@H](O)[C@H]1O. The van der Waals surface area contributed by atoms with E-state index in [9.17, 15) is 19.9 Å². The third kappa shape index (κ3) is 4.16. The predicted octanol–water partition coefficient (Wildman–Crippen LogP) is -1.73. The topological polar surface area (TPSA) is 137 Å². The molecule has 1 rings (SSSR count). The minimum Gasteiger partial charge on any atom is -0.387 e. The molecular weight excluding hydrogens is 275 g/mol. The van der Waals surface area contributed by atoms with E-state index in [1.165, 1.54) is 0 Å². The van der Waals surface area contributed by atoms with E-state index >= 15 is 0 Å². The zero-order valence-corrected chi connectivity index (χ0v) is 10.6. The third-order valence-corrected chi connectivity index (χ3v) is 3.65. The van der Waals surface area contributed by atoms with E-state index in [1.807, 2.05) is 0 Å². The summed E-state index contributed by atoms with van der Waals surface area (Å²) in [6.07, 6.45) is -3.68. The summed E-state index contributed by atoms with van der Waals surface area (Å²) >= 11 is 1.10. The van der Waals surface area contributed by atoms with E-state index in [1.54, 1.807) is 6.26 Å². The summed E-state index contributed by atoms with van der Waals surface area (Å²) < 4.78 is 19.9. The first-order valence-corrected chi connectivity index (χ1v) is 7.50. The smallest absolute Gasteiger partial charge is 0.387 e. The van der Waals surface area contributed by atoms with Gasteiger partial charge in [-0.15, -0.1) is 11.8 Å². The van der Waals surface area contributed by atoms with Crippen LogP contribution in [0.5, 0.6) is 0 Å². The van der Waals surface area contributed by atoms with Crippen molar-refractivity contribution in [3.05, 3.63) is 0 Å². The van der Waals surface area contributed by atoms with Crippen molar-refractivity contribution in [3.63, 3.8) is 0 Å². The average molecular weight is 290 g/mol. The Bertz CT molecular complexity index is 294. The molecule has 102 valence electrons. The summed E-state index contributed by atoms with van der Waals surface area (Å²) in [5.74, 6) is 0. The maximum absolute atomic E-state index is 10.5. The van der Waals surface area contributed by atoms with Crippen LogP contribution < -0.4 is 0 Å². The molecule has 1 aliphatic heterocycles. The molecule has 0 unspecified atom stereocenters. The molecule has 0 radical (unpaired) electrons. The van der Waals surface area contributed by atoms with E-state index in [0.29, 0.717) is 0 Å². The summed E-state index contributed by atoms with van der Waals surface area (Å²) in [6, 6.07) is 0. The van der Waals surface area contributed by atoms with Crippen LogP contribution in [0, 0.1) is 0 Å². The summed E-state index contributed by atoms with van der Waals surface area (Å²) in [5, 5.41) is 28.5. The van der Waals surface area contributed by atoms with Gasteiger partial charge in [0.25, 0.3) is 0 Å². The van der Waals surface area contributed by atoms with E-state index in [4.69, 9.17) is 14.5 Å². The molecule has 0 aromatic rings. The molecule has 0 bridgehead atoms. The number of rotatable bonds is 4.